The molecule has 0 N–H and O–H groups in total. The molecule has 1 rings (SSSR count). The molecule has 3 heteroatoms. The van der Waals surface area contributed by atoms with Gasteiger partial charge >= 0.3 is 5.97 Å². The molecule has 0 saturated carbocycles. The van der Waals surface area contributed by atoms with Gasteiger partial charge in [0.1, 0.15) is 11.6 Å². The largest absolute Gasteiger partial charge is 0.465 e. The van der Waals surface area contributed by atoms with Crippen molar-refractivity contribution in [2.75, 3.05) is 7.11 Å². The summed E-state index contributed by atoms with van der Waals surface area (Å²) in [6.07, 6.45) is 8.00. The Kier molecular flexibility index (Phi) is 3.93. The summed E-state index contributed by atoms with van der Waals surface area (Å²) >= 11 is 0. The van der Waals surface area contributed by atoms with E-state index in [1.54, 1.807) is 6.08 Å². The standard InChI is InChI=1S/C11H13NO2/c1-14-11(13)10(8-12)7-9-5-3-2-4-6-9/h5,7H,2-4,6H2,1H3. The van der Waals surface area contributed by atoms with Crippen molar-refractivity contribution in [3.05, 3.63) is 23.3 Å². The molecular formula is C11H13NO2. The maximum atomic E-state index is 11.1. The summed E-state index contributed by atoms with van der Waals surface area (Å²) in [5.74, 6) is -0.557. The first-order chi connectivity index (χ1) is 6.77. The van der Waals surface area contributed by atoms with Crippen LogP contribution in [0.5, 0.6) is 0 Å². The lowest BCUT2D eigenvalue weighted by molar-refractivity contribution is -0.135. The molecule has 0 aromatic heterocycles. The van der Waals surface area contributed by atoms with Gasteiger partial charge in [0.2, 0.25) is 0 Å². The van der Waals surface area contributed by atoms with Crippen LogP contribution >= 0.6 is 0 Å². The normalized spacial score (nSPS) is 16.9. The Labute approximate surface area is 83.7 Å². The van der Waals surface area contributed by atoms with Gasteiger partial charge in [0.25, 0.3) is 0 Å². The highest BCUT2D eigenvalue weighted by Crippen LogP contribution is 2.19. The first-order valence-corrected chi connectivity index (χ1v) is 4.67. The van der Waals surface area contributed by atoms with Crippen LogP contribution in [0.4, 0.5) is 0 Å². The molecule has 14 heavy (non-hydrogen) atoms. The van der Waals surface area contributed by atoms with E-state index in [1.165, 1.54) is 13.5 Å². The number of carbonyl (C=O) groups excluding carboxylic acids is 1. The van der Waals surface area contributed by atoms with Crippen LogP contribution in [0.25, 0.3) is 0 Å². The molecule has 0 fully saturated rings. The molecule has 0 aromatic rings. The number of allylic oxidation sites excluding steroid dienone is 3. The second-order valence-electron chi connectivity index (χ2n) is 3.19. The Morgan fingerprint density at radius 1 is 1.64 bits per heavy atom. The second-order valence-corrected chi connectivity index (χ2v) is 3.19. The van der Waals surface area contributed by atoms with Gasteiger partial charge in [0.15, 0.2) is 0 Å². The second kappa shape index (κ2) is 5.23. The highest BCUT2D eigenvalue weighted by atomic mass is 16.5. The highest BCUT2D eigenvalue weighted by Gasteiger charge is 2.10. The molecule has 0 bridgehead atoms. The van der Waals surface area contributed by atoms with Crippen molar-refractivity contribution in [2.45, 2.75) is 25.7 Å². The van der Waals surface area contributed by atoms with Gasteiger partial charge in [-0.05, 0) is 31.8 Å². The van der Waals surface area contributed by atoms with Crippen LogP contribution in [-0.4, -0.2) is 13.1 Å². The van der Waals surface area contributed by atoms with Gasteiger partial charge < -0.3 is 4.74 Å². The number of esters is 1. The molecule has 0 atom stereocenters. The van der Waals surface area contributed by atoms with Gasteiger partial charge in [-0.1, -0.05) is 11.6 Å². The van der Waals surface area contributed by atoms with E-state index in [4.69, 9.17) is 5.26 Å². The van der Waals surface area contributed by atoms with Crippen LogP contribution < -0.4 is 0 Å². The summed E-state index contributed by atoms with van der Waals surface area (Å²) in [7, 11) is 1.28. The Balaban J connectivity index is 2.78. The summed E-state index contributed by atoms with van der Waals surface area (Å²) in [5, 5.41) is 8.71. The zero-order valence-corrected chi connectivity index (χ0v) is 8.25. The molecule has 0 unspecified atom stereocenters. The number of nitrogens with zero attached hydrogens (tertiary/aromatic N) is 1. The minimum Gasteiger partial charge on any atom is -0.465 e. The Hall–Kier alpha value is -1.56. The van der Waals surface area contributed by atoms with Crippen LogP contribution in [-0.2, 0) is 9.53 Å². The molecule has 0 radical (unpaired) electrons. The van der Waals surface area contributed by atoms with E-state index in [1.807, 2.05) is 6.07 Å². The first kappa shape index (κ1) is 10.5. The molecule has 3 nitrogen and oxygen atoms in total. The lowest BCUT2D eigenvalue weighted by Gasteiger charge is -2.08. The molecule has 0 amide bonds. The lowest BCUT2D eigenvalue weighted by atomic mass is 9.98. The fourth-order valence-corrected chi connectivity index (χ4v) is 1.43. The van der Waals surface area contributed by atoms with E-state index < -0.39 is 5.97 Å². The average Bonchev–Trinajstić information content (AvgIpc) is 2.26. The molecule has 74 valence electrons. The Bertz CT molecular complexity index is 321. The van der Waals surface area contributed by atoms with Crippen molar-refractivity contribution >= 4 is 5.97 Å². The monoisotopic (exact) mass is 191 g/mol. The summed E-state index contributed by atoms with van der Waals surface area (Å²) in [6, 6.07) is 1.85. The fourth-order valence-electron chi connectivity index (χ4n) is 1.43. The van der Waals surface area contributed by atoms with Crippen LogP contribution in [0, 0.1) is 11.3 Å². The molecule has 0 heterocycles. The number of carbonyl (C=O) groups is 1. The van der Waals surface area contributed by atoms with Crippen LogP contribution in [0.15, 0.2) is 23.3 Å². The van der Waals surface area contributed by atoms with Gasteiger partial charge in [-0.25, -0.2) is 4.79 Å². The third-order valence-corrected chi connectivity index (χ3v) is 2.18. The molecule has 0 aliphatic heterocycles. The van der Waals surface area contributed by atoms with Gasteiger partial charge in [-0.3, -0.25) is 0 Å². The predicted molar refractivity (Wildman–Crippen MR) is 52.3 cm³/mol. The number of ether oxygens (including phenoxy) is 1. The van der Waals surface area contributed by atoms with Gasteiger partial charge in [-0.15, -0.1) is 0 Å². The number of methoxy groups -OCH3 is 1. The van der Waals surface area contributed by atoms with Crippen molar-refractivity contribution in [3.8, 4) is 6.07 Å². The molecule has 0 saturated heterocycles. The lowest BCUT2D eigenvalue weighted by Crippen LogP contribution is -2.03. The van der Waals surface area contributed by atoms with Crippen molar-refractivity contribution in [1.82, 2.24) is 0 Å². The number of rotatable bonds is 2. The summed E-state index contributed by atoms with van der Waals surface area (Å²) < 4.78 is 4.49. The van der Waals surface area contributed by atoms with Crippen molar-refractivity contribution < 1.29 is 9.53 Å². The third kappa shape index (κ3) is 2.74. The maximum Gasteiger partial charge on any atom is 0.348 e. The van der Waals surface area contributed by atoms with Crippen LogP contribution in [0.2, 0.25) is 0 Å². The predicted octanol–water partition coefficient (Wildman–Crippen LogP) is 2.11. The number of hydrogen-bond donors (Lipinski definition) is 0. The molecular weight excluding hydrogens is 178 g/mol. The Morgan fingerprint density at radius 2 is 2.43 bits per heavy atom. The minimum atomic E-state index is -0.557. The Morgan fingerprint density at radius 3 is 2.93 bits per heavy atom. The highest BCUT2D eigenvalue weighted by molar-refractivity contribution is 5.93. The van der Waals surface area contributed by atoms with Crippen LogP contribution in [0.1, 0.15) is 25.7 Å². The smallest absolute Gasteiger partial charge is 0.348 e. The quantitative estimate of drug-likeness (QED) is 0.381. The summed E-state index contributed by atoms with van der Waals surface area (Å²) in [6.45, 7) is 0. The molecule has 1 aliphatic carbocycles. The van der Waals surface area contributed by atoms with E-state index in [9.17, 15) is 4.79 Å². The van der Waals surface area contributed by atoms with Crippen molar-refractivity contribution in [1.29, 1.82) is 5.26 Å². The fraction of sp³-hybridized carbons (Fsp3) is 0.455. The zero-order valence-electron chi connectivity index (χ0n) is 8.25. The third-order valence-electron chi connectivity index (χ3n) is 2.18. The minimum absolute atomic E-state index is 0.0839. The van der Waals surface area contributed by atoms with Crippen LogP contribution in [0.3, 0.4) is 0 Å². The molecule has 0 aromatic carbocycles. The number of hydrogen-bond acceptors (Lipinski definition) is 3. The van der Waals surface area contributed by atoms with E-state index in [-0.39, 0.29) is 5.57 Å². The van der Waals surface area contributed by atoms with E-state index in [0.29, 0.717) is 0 Å². The summed E-state index contributed by atoms with van der Waals surface area (Å²) in [5.41, 5.74) is 1.15. The maximum absolute atomic E-state index is 11.1. The topological polar surface area (TPSA) is 50.1 Å². The molecule has 1 aliphatic rings. The number of nitriles is 1. The van der Waals surface area contributed by atoms with Crippen molar-refractivity contribution in [3.63, 3.8) is 0 Å². The summed E-state index contributed by atoms with van der Waals surface area (Å²) in [4.78, 5) is 11.1. The first-order valence-electron chi connectivity index (χ1n) is 4.67. The molecule has 0 spiro atoms. The van der Waals surface area contributed by atoms with Crippen molar-refractivity contribution in [2.24, 2.45) is 0 Å². The van der Waals surface area contributed by atoms with Gasteiger partial charge in [0.05, 0.1) is 7.11 Å². The van der Waals surface area contributed by atoms with Gasteiger partial charge in [0, 0.05) is 0 Å². The zero-order chi connectivity index (χ0) is 10.4. The average molecular weight is 191 g/mol. The SMILES string of the molecule is COC(=O)C(C#N)=CC1=CCCCC1. The van der Waals surface area contributed by atoms with Gasteiger partial charge in [-0.2, -0.15) is 5.26 Å². The van der Waals surface area contributed by atoms with E-state index in [2.05, 4.69) is 10.8 Å². The van der Waals surface area contributed by atoms with E-state index in [0.717, 1.165) is 24.8 Å². The van der Waals surface area contributed by atoms with E-state index >= 15 is 0 Å².